The van der Waals surface area contributed by atoms with E-state index < -0.39 is 28.5 Å². The lowest BCUT2D eigenvalue weighted by Crippen LogP contribution is -2.52. The van der Waals surface area contributed by atoms with Crippen LogP contribution in [0.25, 0.3) is 0 Å². The van der Waals surface area contributed by atoms with Gasteiger partial charge in [-0.2, -0.15) is 0 Å². The quantitative estimate of drug-likeness (QED) is 0.298. The maximum absolute atomic E-state index is 14.1. The highest BCUT2D eigenvalue weighted by Crippen LogP contribution is 2.27. The van der Waals surface area contributed by atoms with Gasteiger partial charge in [0.25, 0.3) is 10.0 Å². The molecule has 3 aromatic carbocycles. The number of halogens is 1. The molecule has 214 valence electrons. The van der Waals surface area contributed by atoms with Gasteiger partial charge in [-0.25, -0.2) is 8.42 Å². The first-order valence-electron chi connectivity index (χ1n) is 13.2. The van der Waals surface area contributed by atoms with Gasteiger partial charge in [0.15, 0.2) is 0 Å². The standard InChI is InChI=1S/C30H36ClN3O5S/c1-5-17-32-30(36)28(6-2)33(20-23-9-7-12-26(18-23)39-4)29(35)21-34(25-11-8-10-24(31)19-25)40(37,38)27-15-13-22(3)14-16-27/h7-16,18-19,28H,5-6,17,20-21H2,1-4H3,(H,32,36)/t28-/m0/s1. The number of amides is 2. The molecule has 8 nitrogen and oxygen atoms in total. The Morgan fingerprint density at radius 2 is 1.70 bits per heavy atom. The Kier molecular flexibility index (Phi) is 11.0. The second kappa shape index (κ2) is 14.2. The number of benzene rings is 3. The Balaban J connectivity index is 2.06. The average molecular weight is 586 g/mol. The van der Waals surface area contributed by atoms with E-state index >= 15 is 0 Å². The zero-order valence-electron chi connectivity index (χ0n) is 23.3. The molecular formula is C30H36ClN3O5S. The Morgan fingerprint density at radius 1 is 1.00 bits per heavy atom. The summed E-state index contributed by atoms with van der Waals surface area (Å²) >= 11 is 6.22. The molecule has 0 heterocycles. The molecule has 1 atom stereocenters. The van der Waals surface area contributed by atoms with Crippen LogP contribution in [0.5, 0.6) is 5.75 Å². The smallest absolute Gasteiger partial charge is 0.264 e. The maximum atomic E-state index is 14.1. The number of anilines is 1. The van der Waals surface area contributed by atoms with Crippen molar-refractivity contribution >= 4 is 39.1 Å². The van der Waals surface area contributed by atoms with Crippen molar-refractivity contribution in [2.24, 2.45) is 0 Å². The molecule has 0 aromatic heterocycles. The monoisotopic (exact) mass is 585 g/mol. The first kappa shape index (κ1) is 31.0. The number of ether oxygens (including phenoxy) is 1. The normalized spacial score (nSPS) is 11.9. The summed E-state index contributed by atoms with van der Waals surface area (Å²) in [5, 5.41) is 3.20. The predicted octanol–water partition coefficient (Wildman–Crippen LogP) is 5.19. The first-order chi connectivity index (χ1) is 19.1. The van der Waals surface area contributed by atoms with Gasteiger partial charge in [-0.3, -0.25) is 13.9 Å². The Labute approximate surface area is 241 Å². The van der Waals surface area contributed by atoms with Gasteiger partial charge in [0.1, 0.15) is 18.3 Å². The second-order valence-electron chi connectivity index (χ2n) is 9.39. The summed E-state index contributed by atoms with van der Waals surface area (Å²) in [5.74, 6) is -0.218. The summed E-state index contributed by atoms with van der Waals surface area (Å²) in [6.07, 6.45) is 1.08. The minimum absolute atomic E-state index is 0.0398. The largest absolute Gasteiger partial charge is 0.497 e. The van der Waals surface area contributed by atoms with Crippen molar-refractivity contribution in [3.63, 3.8) is 0 Å². The van der Waals surface area contributed by atoms with E-state index in [4.69, 9.17) is 16.3 Å². The van der Waals surface area contributed by atoms with Crippen molar-refractivity contribution in [2.75, 3.05) is 24.5 Å². The minimum atomic E-state index is -4.16. The van der Waals surface area contributed by atoms with Crippen LogP contribution in [0.3, 0.4) is 0 Å². The third-order valence-corrected chi connectivity index (χ3v) is 8.43. The SMILES string of the molecule is CCCNC(=O)[C@H](CC)N(Cc1cccc(OC)c1)C(=O)CN(c1cccc(Cl)c1)S(=O)(=O)c1ccc(C)cc1. The van der Waals surface area contributed by atoms with Gasteiger partial charge in [-0.1, -0.05) is 61.3 Å². The molecule has 0 saturated carbocycles. The molecule has 2 amide bonds. The number of carbonyl (C=O) groups excluding carboxylic acids is 2. The molecule has 0 saturated heterocycles. The molecule has 0 aliphatic rings. The third-order valence-electron chi connectivity index (χ3n) is 6.41. The second-order valence-corrected chi connectivity index (χ2v) is 11.7. The summed E-state index contributed by atoms with van der Waals surface area (Å²) in [7, 11) is -2.61. The molecule has 0 aliphatic heterocycles. The fourth-order valence-corrected chi connectivity index (χ4v) is 5.84. The predicted molar refractivity (Wildman–Crippen MR) is 158 cm³/mol. The van der Waals surface area contributed by atoms with Crippen molar-refractivity contribution in [3.8, 4) is 5.75 Å². The molecule has 3 rings (SSSR count). The lowest BCUT2D eigenvalue weighted by Gasteiger charge is -2.33. The van der Waals surface area contributed by atoms with Gasteiger partial charge in [0, 0.05) is 18.1 Å². The van der Waals surface area contributed by atoms with Crippen LogP contribution in [-0.4, -0.2) is 51.4 Å². The zero-order valence-corrected chi connectivity index (χ0v) is 24.8. The number of aryl methyl sites for hydroxylation is 1. The van der Waals surface area contributed by atoms with Gasteiger partial charge in [0.2, 0.25) is 11.8 Å². The van der Waals surface area contributed by atoms with E-state index in [-0.39, 0.29) is 23.0 Å². The van der Waals surface area contributed by atoms with Crippen molar-refractivity contribution < 1.29 is 22.7 Å². The lowest BCUT2D eigenvalue weighted by molar-refractivity contribution is -0.140. The molecular weight excluding hydrogens is 550 g/mol. The van der Waals surface area contributed by atoms with Crippen LogP contribution in [0, 0.1) is 6.92 Å². The fourth-order valence-electron chi connectivity index (χ4n) is 4.25. The zero-order chi connectivity index (χ0) is 29.3. The van der Waals surface area contributed by atoms with Crippen LogP contribution >= 0.6 is 11.6 Å². The molecule has 0 spiro atoms. The van der Waals surface area contributed by atoms with Crippen LogP contribution in [0.4, 0.5) is 5.69 Å². The summed E-state index contributed by atoms with van der Waals surface area (Å²) < 4.78 is 34.2. The lowest BCUT2D eigenvalue weighted by atomic mass is 10.1. The molecule has 0 unspecified atom stereocenters. The number of carbonyl (C=O) groups is 2. The maximum Gasteiger partial charge on any atom is 0.264 e. The summed E-state index contributed by atoms with van der Waals surface area (Å²) in [6.45, 7) is 5.64. The number of sulfonamides is 1. The molecule has 0 bridgehead atoms. The van der Waals surface area contributed by atoms with E-state index in [1.165, 1.54) is 23.1 Å². The van der Waals surface area contributed by atoms with Crippen LogP contribution in [-0.2, 0) is 26.2 Å². The van der Waals surface area contributed by atoms with Crippen molar-refractivity contribution in [1.82, 2.24) is 10.2 Å². The number of nitrogens with one attached hydrogen (secondary N) is 1. The van der Waals surface area contributed by atoms with Gasteiger partial charge < -0.3 is 15.0 Å². The van der Waals surface area contributed by atoms with Gasteiger partial charge >= 0.3 is 0 Å². The van der Waals surface area contributed by atoms with Gasteiger partial charge in [-0.15, -0.1) is 0 Å². The third kappa shape index (κ3) is 7.76. The van der Waals surface area contributed by atoms with E-state index in [2.05, 4.69) is 5.32 Å². The molecule has 10 heteroatoms. The van der Waals surface area contributed by atoms with E-state index in [9.17, 15) is 18.0 Å². The number of hydrogen-bond donors (Lipinski definition) is 1. The summed E-state index contributed by atoms with van der Waals surface area (Å²) in [6, 6.07) is 19.1. The van der Waals surface area contributed by atoms with Crippen molar-refractivity contribution in [3.05, 3.63) is 88.9 Å². The van der Waals surface area contributed by atoms with Crippen LogP contribution in [0.15, 0.2) is 77.7 Å². The van der Waals surface area contributed by atoms with Crippen LogP contribution in [0.1, 0.15) is 37.8 Å². The highest BCUT2D eigenvalue weighted by atomic mass is 35.5. The van der Waals surface area contributed by atoms with Crippen molar-refractivity contribution in [1.29, 1.82) is 0 Å². The number of hydrogen-bond acceptors (Lipinski definition) is 5. The summed E-state index contributed by atoms with van der Waals surface area (Å²) in [4.78, 5) is 28.7. The molecule has 0 radical (unpaired) electrons. The average Bonchev–Trinajstić information content (AvgIpc) is 2.94. The molecule has 1 N–H and O–H groups in total. The minimum Gasteiger partial charge on any atom is -0.497 e. The molecule has 3 aromatic rings. The summed E-state index contributed by atoms with van der Waals surface area (Å²) in [5.41, 5.74) is 1.88. The van der Waals surface area contributed by atoms with E-state index in [1.54, 1.807) is 55.6 Å². The van der Waals surface area contributed by atoms with Gasteiger partial charge in [-0.05, 0) is 67.8 Å². The van der Waals surface area contributed by atoms with E-state index in [1.807, 2.05) is 26.8 Å². The first-order valence-corrected chi connectivity index (χ1v) is 15.0. The van der Waals surface area contributed by atoms with Crippen molar-refractivity contribution in [2.45, 2.75) is 51.1 Å². The molecule has 0 fully saturated rings. The number of rotatable bonds is 13. The Hall–Kier alpha value is -3.56. The van der Waals surface area contributed by atoms with E-state index in [0.29, 0.717) is 23.7 Å². The molecule has 0 aliphatic carbocycles. The Bertz CT molecular complexity index is 1410. The van der Waals surface area contributed by atoms with Crippen LogP contribution < -0.4 is 14.4 Å². The van der Waals surface area contributed by atoms with Gasteiger partial charge in [0.05, 0.1) is 17.7 Å². The topological polar surface area (TPSA) is 96.0 Å². The number of nitrogens with zero attached hydrogens (tertiary/aromatic N) is 2. The fraction of sp³-hybridized carbons (Fsp3) is 0.333. The number of methoxy groups -OCH3 is 1. The highest BCUT2D eigenvalue weighted by molar-refractivity contribution is 7.92. The molecule has 40 heavy (non-hydrogen) atoms. The highest BCUT2D eigenvalue weighted by Gasteiger charge is 2.33. The van der Waals surface area contributed by atoms with E-state index in [0.717, 1.165) is 21.9 Å². The van der Waals surface area contributed by atoms with Crippen LogP contribution in [0.2, 0.25) is 5.02 Å². The Morgan fingerprint density at radius 3 is 2.33 bits per heavy atom.